The van der Waals surface area contributed by atoms with Gasteiger partial charge in [0.1, 0.15) is 11.5 Å². The van der Waals surface area contributed by atoms with Gasteiger partial charge in [-0.2, -0.15) is 13.2 Å². The highest BCUT2D eigenvalue weighted by Gasteiger charge is 2.62. The number of β-amino-alcohol motifs (C(OH)–C–C–N with tert-alkyl or cyclic N) is 1. The number of amides is 2. The summed E-state index contributed by atoms with van der Waals surface area (Å²) in [7, 11) is 0. The first-order chi connectivity index (χ1) is 9.53. The van der Waals surface area contributed by atoms with E-state index in [2.05, 4.69) is 5.32 Å². The molecule has 1 atom stereocenters. The first kappa shape index (κ1) is 15.7. The van der Waals surface area contributed by atoms with Gasteiger partial charge in [-0.05, 0) is 26.8 Å². The highest BCUT2D eigenvalue weighted by atomic mass is 19.4. The highest BCUT2D eigenvalue weighted by Crippen LogP contribution is 2.37. The molecule has 0 radical (unpaired) electrons. The van der Waals surface area contributed by atoms with Crippen molar-refractivity contribution in [1.29, 1.82) is 0 Å². The van der Waals surface area contributed by atoms with Crippen molar-refractivity contribution in [2.45, 2.75) is 38.6 Å². The number of aryl methyl sites for hydroxylation is 2. The molecular weight excluding hydrogens is 289 g/mol. The van der Waals surface area contributed by atoms with Crippen molar-refractivity contribution < 1.29 is 27.5 Å². The van der Waals surface area contributed by atoms with E-state index < -0.39 is 36.9 Å². The fourth-order valence-electron chi connectivity index (χ4n) is 2.34. The van der Waals surface area contributed by atoms with Crippen LogP contribution < -0.4 is 5.32 Å². The number of furan rings is 1. The van der Waals surface area contributed by atoms with Crippen molar-refractivity contribution in [3.63, 3.8) is 0 Å². The van der Waals surface area contributed by atoms with Crippen LogP contribution in [0.4, 0.5) is 18.0 Å². The van der Waals surface area contributed by atoms with Gasteiger partial charge in [0.25, 0.3) is 0 Å². The Bertz CT molecular complexity index is 547. The highest BCUT2D eigenvalue weighted by molar-refractivity contribution is 5.76. The summed E-state index contributed by atoms with van der Waals surface area (Å²) >= 11 is 0. The standard InChI is InChI=1S/C13H17F3N2O3/c1-7-4-10(9(3)21-7)8(2)17-11(19)18-5-12(20,6-18)13(14,15)16/h4,8,20H,5-6H2,1-3H3,(H,17,19). The minimum Gasteiger partial charge on any atom is -0.466 e. The van der Waals surface area contributed by atoms with Gasteiger partial charge in [0.05, 0.1) is 19.1 Å². The summed E-state index contributed by atoms with van der Waals surface area (Å²) in [5.41, 5.74) is -2.03. The Morgan fingerprint density at radius 3 is 2.48 bits per heavy atom. The first-order valence-corrected chi connectivity index (χ1v) is 6.45. The Morgan fingerprint density at radius 2 is 2.05 bits per heavy atom. The van der Waals surface area contributed by atoms with E-state index in [4.69, 9.17) is 4.42 Å². The van der Waals surface area contributed by atoms with Crippen molar-refractivity contribution in [2.75, 3.05) is 13.1 Å². The summed E-state index contributed by atoms with van der Waals surface area (Å²) in [6.07, 6.45) is -4.73. The maximum atomic E-state index is 12.5. The third-order valence-electron chi connectivity index (χ3n) is 3.61. The molecule has 1 aromatic rings. The number of carbonyl (C=O) groups excluding carboxylic acids is 1. The van der Waals surface area contributed by atoms with E-state index in [0.29, 0.717) is 11.5 Å². The number of hydrogen-bond donors (Lipinski definition) is 2. The number of nitrogens with zero attached hydrogens (tertiary/aromatic N) is 1. The van der Waals surface area contributed by atoms with Crippen molar-refractivity contribution in [1.82, 2.24) is 10.2 Å². The Hall–Kier alpha value is -1.70. The third kappa shape index (κ3) is 2.85. The minimum absolute atomic E-state index is 0.394. The van der Waals surface area contributed by atoms with E-state index in [9.17, 15) is 23.1 Å². The second kappa shape index (κ2) is 4.94. The molecule has 0 bridgehead atoms. The molecule has 0 aromatic carbocycles. The number of rotatable bonds is 2. The van der Waals surface area contributed by atoms with Gasteiger partial charge in [0.15, 0.2) is 5.60 Å². The van der Waals surface area contributed by atoms with E-state index in [1.165, 1.54) is 0 Å². The zero-order valence-electron chi connectivity index (χ0n) is 11.9. The van der Waals surface area contributed by atoms with Crippen LogP contribution in [0.25, 0.3) is 0 Å². The number of urea groups is 1. The maximum Gasteiger partial charge on any atom is 0.420 e. The number of halogens is 3. The Kier molecular flexibility index (Phi) is 3.69. The number of likely N-dealkylation sites (tertiary alicyclic amines) is 1. The van der Waals surface area contributed by atoms with Gasteiger partial charge in [-0.15, -0.1) is 0 Å². The number of hydrogen-bond acceptors (Lipinski definition) is 3. The Labute approximate surface area is 119 Å². The number of alkyl halides is 3. The van der Waals surface area contributed by atoms with Crippen molar-refractivity contribution in [3.8, 4) is 0 Å². The normalized spacial score (nSPS) is 19.1. The molecule has 8 heteroatoms. The van der Waals surface area contributed by atoms with Crippen LogP contribution in [0.5, 0.6) is 0 Å². The molecule has 0 saturated carbocycles. The van der Waals surface area contributed by atoms with Gasteiger partial charge in [-0.3, -0.25) is 0 Å². The van der Waals surface area contributed by atoms with Crippen LogP contribution >= 0.6 is 0 Å². The summed E-state index contributed by atoms with van der Waals surface area (Å²) in [5.74, 6) is 1.34. The minimum atomic E-state index is -4.73. The third-order valence-corrected chi connectivity index (χ3v) is 3.61. The van der Waals surface area contributed by atoms with E-state index in [1.54, 1.807) is 26.8 Å². The molecule has 1 fully saturated rings. The zero-order chi connectivity index (χ0) is 16.0. The van der Waals surface area contributed by atoms with E-state index >= 15 is 0 Å². The molecule has 2 amide bonds. The summed E-state index contributed by atoms with van der Waals surface area (Å²) in [6.45, 7) is 3.72. The van der Waals surface area contributed by atoms with Gasteiger partial charge in [-0.25, -0.2) is 4.79 Å². The zero-order valence-corrected chi connectivity index (χ0v) is 11.9. The fraction of sp³-hybridized carbons (Fsp3) is 0.615. The van der Waals surface area contributed by atoms with Gasteiger partial charge in [0, 0.05) is 5.56 Å². The van der Waals surface area contributed by atoms with Crippen LogP contribution in [0.1, 0.15) is 30.0 Å². The van der Waals surface area contributed by atoms with Crippen LogP contribution in [0.15, 0.2) is 10.5 Å². The predicted molar refractivity (Wildman–Crippen MR) is 67.7 cm³/mol. The van der Waals surface area contributed by atoms with Crippen molar-refractivity contribution in [3.05, 3.63) is 23.2 Å². The molecule has 1 aliphatic rings. The van der Waals surface area contributed by atoms with Gasteiger partial charge < -0.3 is 19.7 Å². The van der Waals surface area contributed by atoms with E-state index in [1.807, 2.05) is 0 Å². The second-order valence-corrected chi connectivity index (χ2v) is 5.43. The molecule has 2 heterocycles. The molecule has 1 aromatic heterocycles. The lowest BCUT2D eigenvalue weighted by Gasteiger charge is -2.46. The van der Waals surface area contributed by atoms with Crippen LogP contribution in [0, 0.1) is 13.8 Å². The molecule has 2 N–H and O–H groups in total. The van der Waals surface area contributed by atoms with Gasteiger partial charge in [-0.1, -0.05) is 0 Å². The maximum absolute atomic E-state index is 12.5. The second-order valence-electron chi connectivity index (χ2n) is 5.43. The monoisotopic (exact) mass is 306 g/mol. The molecule has 118 valence electrons. The predicted octanol–water partition coefficient (Wildman–Crippen LogP) is 2.28. The summed E-state index contributed by atoms with van der Waals surface area (Å²) < 4.78 is 42.8. The molecular formula is C13H17F3N2O3. The van der Waals surface area contributed by atoms with Gasteiger partial charge >= 0.3 is 12.2 Å². The van der Waals surface area contributed by atoms with E-state index in [0.717, 1.165) is 10.5 Å². The molecule has 21 heavy (non-hydrogen) atoms. The number of carbonyl (C=O) groups is 1. The van der Waals surface area contributed by atoms with E-state index in [-0.39, 0.29) is 0 Å². The SMILES string of the molecule is Cc1cc(C(C)NC(=O)N2CC(O)(C(F)(F)F)C2)c(C)o1. The van der Waals surface area contributed by atoms with Crippen LogP contribution in [0.2, 0.25) is 0 Å². The average Bonchev–Trinajstić information content (AvgIpc) is 2.62. The molecule has 5 nitrogen and oxygen atoms in total. The largest absolute Gasteiger partial charge is 0.466 e. The Balaban J connectivity index is 1.94. The van der Waals surface area contributed by atoms with Crippen LogP contribution in [0.3, 0.4) is 0 Å². The average molecular weight is 306 g/mol. The van der Waals surface area contributed by atoms with Crippen molar-refractivity contribution >= 4 is 6.03 Å². The summed E-state index contributed by atoms with van der Waals surface area (Å²) in [4.78, 5) is 12.8. The fourth-order valence-corrected chi connectivity index (χ4v) is 2.34. The van der Waals surface area contributed by atoms with Crippen molar-refractivity contribution in [2.24, 2.45) is 0 Å². The first-order valence-electron chi connectivity index (χ1n) is 6.45. The molecule has 0 spiro atoms. The Morgan fingerprint density at radius 1 is 1.48 bits per heavy atom. The van der Waals surface area contributed by atoms with Crippen LogP contribution in [-0.4, -0.2) is 40.9 Å². The topological polar surface area (TPSA) is 65.7 Å². The summed E-state index contributed by atoms with van der Waals surface area (Å²) in [5, 5.41) is 11.9. The quantitative estimate of drug-likeness (QED) is 0.881. The van der Waals surface area contributed by atoms with Gasteiger partial charge in [0.2, 0.25) is 0 Å². The lowest BCUT2D eigenvalue weighted by atomic mass is 9.94. The lowest BCUT2D eigenvalue weighted by molar-refractivity contribution is -0.294. The molecule has 0 aliphatic carbocycles. The van der Waals surface area contributed by atoms with Crippen LogP contribution in [-0.2, 0) is 0 Å². The summed E-state index contributed by atoms with van der Waals surface area (Å²) in [6, 6.07) is 0.729. The number of aliphatic hydroxyl groups is 1. The smallest absolute Gasteiger partial charge is 0.420 e. The molecule has 2 rings (SSSR count). The number of nitrogens with one attached hydrogen (secondary N) is 1. The molecule has 1 aliphatic heterocycles. The lowest BCUT2D eigenvalue weighted by Crippen LogP contribution is -2.71. The molecule has 1 unspecified atom stereocenters. The molecule has 1 saturated heterocycles.